The van der Waals surface area contributed by atoms with E-state index in [-0.39, 0.29) is 64.4 Å². The fourth-order valence-corrected chi connectivity index (χ4v) is 8.03. The molecule has 2 aliphatic rings. The van der Waals surface area contributed by atoms with Gasteiger partial charge in [0.1, 0.15) is 11.5 Å². The molecule has 0 aliphatic heterocycles. The molecule has 0 aromatic heterocycles. The lowest BCUT2D eigenvalue weighted by molar-refractivity contribution is -0.117. The Labute approximate surface area is 371 Å². The summed E-state index contributed by atoms with van der Waals surface area (Å²) in [4.78, 5) is 49.8. The monoisotopic (exact) mass is 841 g/mol. The van der Waals surface area contributed by atoms with Gasteiger partial charge in [0.15, 0.2) is 23.1 Å². The molecular weight excluding hydrogens is 757 g/mol. The van der Waals surface area contributed by atoms with E-state index in [0.29, 0.717) is 28.0 Å². The van der Waals surface area contributed by atoms with Crippen LogP contribution >= 0.6 is 0 Å². The van der Waals surface area contributed by atoms with Crippen LogP contribution < -0.4 is 0 Å². The number of carbonyl (C=O) groups is 4. The molecule has 0 heterocycles. The number of unbranched alkanes of at least 4 members (excludes halogenated alkanes) is 8. The smallest absolute Gasteiger partial charge is 0.186 e. The SMILES string of the molecule is CC(C)c1cc(O)cc(C(C)C)c1O.CC1=C(C(C)C)C(=O)C(C(C)C)=CC1=O.CCCCC/C=C\C/C=C\CCCCCCCC1=C(C(C)C)C(=O)C(C(C)C)=C(C)C1=O. The molecule has 6 heteroatoms. The predicted molar refractivity (Wildman–Crippen MR) is 257 cm³/mol. The van der Waals surface area contributed by atoms with Gasteiger partial charge in [0.25, 0.3) is 0 Å². The Bertz CT molecular complexity index is 1790. The highest BCUT2D eigenvalue weighted by molar-refractivity contribution is 6.25. The number of ketones is 4. The zero-order valence-corrected chi connectivity index (χ0v) is 41.0. The van der Waals surface area contributed by atoms with Gasteiger partial charge in [-0.2, -0.15) is 0 Å². The molecule has 0 spiro atoms. The first-order valence-electron chi connectivity index (χ1n) is 23.5. The van der Waals surface area contributed by atoms with Crippen LogP contribution in [-0.4, -0.2) is 33.3 Å². The van der Waals surface area contributed by atoms with Gasteiger partial charge in [0.2, 0.25) is 0 Å². The zero-order chi connectivity index (χ0) is 46.6. The molecule has 2 aliphatic carbocycles. The lowest BCUT2D eigenvalue weighted by atomic mass is 9.75. The van der Waals surface area contributed by atoms with Crippen molar-refractivity contribution in [1.29, 1.82) is 0 Å². The Morgan fingerprint density at radius 1 is 0.508 bits per heavy atom. The molecule has 0 bridgehead atoms. The number of hydrogen-bond acceptors (Lipinski definition) is 6. The molecule has 0 fully saturated rings. The lowest BCUT2D eigenvalue weighted by Crippen LogP contribution is -2.27. The molecule has 0 saturated heterocycles. The third kappa shape index (κ3) is 17.3. The minimum atomic E-state index is -0.0120. The first kappa shape index (κ1) is 55.0. The lowest BCUT2D eigenvalue weighted by Gasteiger charge is -2.26. The van der Waals surface area contributed by atoms with E-state index in [0.717, 1.165) is 60.0 Å². The van der Waals surface area contributed by atoms with Crippen molar-refractivity contribution in [3.63, 3.8) is 0 Å². The summed E-state index contributed by atoms with van der Waals surface area (Å²) in [5.74, 6) is 1.69. The summed E-state index contributed by atoms with van der Waals surface area (Å²) in [5.41, 5.74) is 6.53. The summed E-state index contributed by atoms with van der Waals surface area (Å²) >= 11 is 0. The van der Waals surface area contributed by atoms with E-state index in [4.69, 9.17) is 0 Å². The van der Waals surface area contributed by atoms with E-state index in [1.807, 2.05) is 90.0 Å². The van der Waals surface area contributed by atoms with Crippen molar-refractivity contribution >= 4 is 23.1 Å². The normalized spacial score (nSPS) is 15.2. The molecule has 2 N–H and O–H groups in total. The third-order valence-electron chi connectivity index (χ3n) is 11.5. The average molecular weight is 841 g/mol. The molecule has 0 atom stereocenters. The topological polar surface area (TPSA) is 109 Å². The van der Waals surface area contributed by atoms with Crippen LogP contribution in [0.3, 0.4) is 0 Å². The number of allylic oxidation sites excluding steroid dienone is 12. The summed E-state index contributed by atoms with van der Waals surface area (Å²) < 4.78 is 0. The second-order valence-corrected chi connectivity index (χ2v) is 18.8. The number of Topliss-reactive ketones (excluding diaryl/α,β-unsaturated/α-hetero) is 3. The number of aromatic hydroxyl groups is 2. The van der Waals surface area contributed by atoms with Gasteiger partial charge in [-0.3, -0.25) is 19.2 Å². The second-order valence-electron chi connectivity index (χ2n) is 18.8. The van der Waals surface area contributed by atoms with E-state index < -0.39 is 0 Å². The summed E-state index contributed by atoms with van der Waals surface area (Å²) in [6.45, 7) is 29.7. The Balaban J connectivity index is 0.000000527. The van der Waals surface area contributed by atoms with Crippen LogP contribution in [0.1, 0.15) is 204 Å². The van der Waals surface area contributed by atoms with Gasteiger partial charge >= 0.3 is 0 Å². The number of carbonyl (C=O) groups excluding carboxylic acids is 4. The van der Waals surface area contributed by atoms with Crippen molar-refractivity contribution in [2.24, 2.45) is 23.7 Å². The first-order valence-corrected chi connectivity index (χ1v) is 23.5. The van der Waals surface area contributed by atoms with Gasteiger partial charge in [-0.25, -0.2) is 0 Å². The van der Waals surface area contributed by atoms with E-state index >= 15 is 0 Å². The molecule has 0 unspecified atom stereocenters. The van der Waals surface area contributed by atoms with Gasteiger partial charge < -0.3 is 10.2 Å². The summed E-state index contributed by atoms with van der Waals surface area (Å²) in [5, 5.41) is 19.4. The van der Waals surface area contributed by atoms with Crippen molar-refractivity contribution in [3.8, 4) is 11.5 Å². The summed E-state index contributed by atoms with van der Waals surface area (Å²) in [6, 6.07) is 3.26. The van der Waals surface area contributed by atoms with Crippen LogP contribution in [0, 0.1) is 23.7 Å². The molecular formula is C55H84O6. The Morgan fingerprint density at radius 3 is 1.43 bits per heavy atom. The van der Waals surface area contributed by atoms with Crippen molar-refractivity contribution in [1.82, 2.24) is 0 Å². The summed E-state index contributed by atoms with van der Waals surface area (Å²) in [7, 11) is 0. The molecule has 61 heavy (non-hydrogen) atoms. The standard InChI is InChI=1S/C30H48O2.C13H18O2.C12H18O2/c1-7-8-9-10-11-12-13-14-15-16-17-18-19-20-21-22-26-28(24(4)5)30(32)27(23(2)3)25(6)29(26)31;1-7(2)10-6-11(14)9(5)12(8(3)4)13(10)15;1-7(2)10-5-9(13)6-11(8(3)4)12(10)14/h11-12,14-15,23-24H,7-10,13,16-22H2,1-6H3;6-8H,1-5H3;5-8,13-14H,1-4H3/b12-11-,15-14-;;. The molecule has 340 valence electrons. The first-order chi connectivity index (χ1) is 28.6. The highest BCUT2D eigenvalue weighted by Gasteiger charge is 2.34. The number of phenolic OH excluding ortho intramolecular Hbond substituents is 2. The number of rotatable bonds is 20. The van der Waals surface area contributed by atoms with Gasteiger partial charge in [-0.15, -0.1) is 0 Å². The quantitative estimate of drug-likeness (QED) is 0.0586. The Kier molecular flexibility index (Phi) is 25.0. The molecule has 0 radical (unpaired) electrons. The van der Waals surface area contributed by atoms with Crippen molar-refractivity contribution in [3.05, 3.63) is 92.7 Å². The van der Waals surface area contributed by atoms with E-state index in [1.54, 1.807) is 19.1 Å². The van der Waals surface area contributed by atoms with Crippen LogP contribution in [-0.2, 0) is 19.2 Å². The molecule has 0 saturated carbocycles. The maximum absolute atomic E-state index is 13.1. The largest absolute Gasteiger partial charge is 0.508 e. The van der Waals surface area contributed by atoms with E-state index in [1.165, 1.54) is 51.0 Å². The molecule has 6 nitrogen and oxygen atoms in total. The minimum absolute atomic E-state index is 0.0120. The highest BCUT2D eigenvalue weighted by atomic mass is 16.3. The fourth-order valence-electron chi connectivity index (χ4n) is 8.03. The Morgan fingerprint density at radius 2 is 0.967 bits per heavy atom. The minimum Gasteiger partial charge on any atom is -0.508 e. The number of hydrogen-bond donors (Lipinski definition) is 2. The van der Waals surface area contributed by atoms with Crippen molar-refractivity contribution < 1.29 is 29.4 Å². The average Bonchev–Trinajstić information content (AvgIpc) is 3.17. The maximum atomic E-state index is 13.1. The van der Waals surface area contributed by atoms with Crippen LogP contribution in [0.25, 0.3) is 0 Å². The predicted octanol–water partition coefficient (Wildman–Crippen LogP) is 14.9. The van der Waals surface area contributed by atoms with Crippen molar-refractivity contribution in [2.45, 2.75) is 193 Å². The zero-order valence-electron chi connectivity index (χ0n) is 41.0. The van der Waals surface area contributed by atoms with Crippen LogP contribution in [0.15, 0.2) is 81.5 Å². The van der Waals surface area contributed by atoms with Gasteiger partial charge in [-0.05, 0) is 113 Å². The highest BCUT2D eigenvalue weighted by Crippen LogP contribution is 2.37. The molecule has 0 amide bonds. The van der Waals surface area contributed by atoms with Crippen LogP contribution in [0.4, 0.5) is 0 Å². The van der Waals surface area contributed by atoms with E-state index in [2.05, 4.69) is 31.2 Å². The van der Waals surface area contributed by atoms with Crippen LogP contribution in [0.2, 0.25) is 0 Å². The number of phenols is 2. The number of benzene rings is 1. The fraction of sp³-hybridized carbons (Fsp3) is 0.600. The van der Waals surface area contributed by atoms with Crippen LogP contribution in [0.5, 0.6) is 11.5 Å². The van der Waals surface area contributed by atoms with Gasteiger partial charge in [0, 0.05) is 50.1 Å². The molecule has 1 aromatic carbocycles. The second kappa shape index (κ2) is 27.8. The third-order valence-corrected chi connectivity index (χ3v) is 11.5. The molecule has 3 rings (SSSR count). The van der Waals surface area contributed by atoms with Crippen molar-refractivity contribution in [2.75, 3.05) is 0 Å². The van der Waals surface area contributed by atoms with Gasteiger partial charge in [-0.1, -0.05) is 146 Å². The van der Waals surface area contributed by atoms with Gasteiger partial charge in [0.05, 0.1) is 0 Å². The van der Waals surface area contributed by atoms with E-state index in [9.17, 15) is 29.4 Å². The maximum Gasteiger partial charge on any atom is 0.186 e. The Hall–Kier alpha value is -4.06. The molecule has 1 aromatic rings. The summed E-state index contributed by atoms with van der Waals surface area (Å²) in [6.07, 6.45) is 24.6.